The standard InChI is InChI=1S/C10H9NO4S/c1-7-4-8-9(15-6-14-8)5-10(7)16(12,13)3-2-11/h4-5H,3,6H2,1H3. The summed E-state index contributed by atoms with van der Waals surface area (Å²) in [5.74, 6) is 0.406. The summed E-state index contributed by atoms with van der Waals surface area (Å²) in [6, 6.07) is 4.65. The van der Waals surface area contributed by atoms with E-state index in [1.807, 2.05) is 0 Å². The van der Waals surface area contributed by atoms with Gasteiger partial charge in [0.15, 0.2) is 21.3 Å². The average molecular weight is 239 g/mol. The molecule has 0 unspecified atom stereocenters. The number of benzene rings is 1. The summed E-state index contributed by atoms with van der Waals surface area (Å²) in [5.41, 5.74) is 0.555. The third-order valence-electron chi connectivity index (χ3n) is 2.26. The number of fused-ring (bicyclic) bond motifs is 1. The largest absolute Gasteiger partial charge is 0.454 e. The van der Waals surface area contributed by atoms with Crippen LogP contribution in [0, 0.1) is 18.3 Å². The molecule has 5 nitrogen and oxygen atoms in total. The van der Waals surface area contributed by atoms with Crippen molar-refractivity contribution in [2.45, 2.75) is 11.8 Å². The van der Waals surface area contributed by atoms with Crippen molar-refractivity contribution < 1.29 is 17.9 Å². The third-order valence-corrected chi connectivity index (χ3v) is 3.88. The Hall–Kier alpha value is -1.74. The van der Waals surface area contributed by atoms with E-state index in [4.69, 9.17) is 14.7 Å². The first-order chi connectivity index (χ1) is 7.54. The van der Waals surface area contributed by atoms with Crippen LogP contribution >= 0.6 is 0 Å². The fraction of sp³-hybridized carbons (Fsp3) is 0.300. The van der Waals surface area contributed by atoms with Crippen molar-refractivity contribution in [3.8, 4) is 17.6 Å². The molecular weight excluding hydrogens is 230 g/mol. The molecule has 0 fully saturated rings. The molecule has 0 atom stereocenters. The van der Waals surface area contributed by atoms with Gasteiger partial charge in [0.2, 0.25) is 6.79 Å². The minimum atomic E-state index is -3.56. The van der Waals surface area contributed by atoms with Crippen molar-refractivity contribution in [2.24, 2.45) is 0 Å². The van der Waals surface area contributed by atoms with E-state index in [1.54, 1.807) is 19.1 Å². The van der Waals surface area contributed by atoms with Crippen LogP contribution in [0.4, 0.5) is 0 Å². The molecule has 0 aliphatic carbocycles. The SMILES string of the molecule is Cc1cc2c(cc1S(=O)(=O)CC#N)OCO2. The molecule has 1 aromatic rings. The Morgan fingerprint density at radius 1 is 1.38 bits per heavy atom. The number of hydrogen-bond donors (Lipinski definition) is 0. The molecule has 0 saturated heterocycles. The Morgan fingerprint density at radius 2 is 2.00 bits per heavy atom. The predicted octanol–water partition coefficient (Wildman–Crippen LogP) is 1.02. The lowest BCUT2D eigenvalue weighted by Gasteiger charge is -2.06. The van der Waals surface area contributed by atoms with Crippen LogP contribution in [0.25, 0.3) is 0 Å². The minimum Gasteiger partial charge on any atom is -0.454 e. The van der Waals surface area contributed by atoms with E-state index in [-0.39, 0.29) is 11.7 Å². The molecule has 0 bridgehead atoms. The second kappa shape index (κ2) is 3.68. The van der Waals surface area contributed by atoms with Gasteiger partial charge in [-0.2, -0.15) is 5.26 Å². The highest BCUT2D eigenvalue weighted by molar-refractivity contribution is 7.91. The van der Waals surface area contributed by atoms with Gasteiger partial charge in [-0.25, -0.2) is 8.42 Å². The minimum absolute atomic E-state index is 0.0938. The monoisotopic (exact) mass is 239 g/mol. The molecule has 2 rings (SSSR count). The number of ether oxygens (including phenoxy) is 2. The Balaban J connectivity index is 2.55. The molecule has 0 aromatic heterocycles. The van der Waals surface area contributed by atoms with Crippen LogP contribution < -0.4 is 9.47 Å². The maximum absolute atomic E-state index is 11.7. The summed E-state index contributed by atoms with van der Waals surface area (Å²) >= 11 is 0. The van der Waals surface area contributed by atoms with Gasteiger partial charge in [0.1, 0.15) is 5.75 Å². The summed E-state index contributed by atoms with van der Waals surface area (Å²) < 4.78 is 33.7. The van der Waals surface area contributed by atoms with Gasteiger partial charge in [0.25, 0.3) is 0 Å². The second-order valence-corrected chi connectivity index (χ2v) is 5.35. The maximum Gasteiger partial charge on any atom is 0.231 e. The van der Waals surface area contributed by atoms with Crippen LogP contribution in [0.2, 0.25) is 0 Å². The first-order valence-electron chi connectivity index (χ1n) is 4.54. The quantitative estimate of drug-likeness (QED) is 0.770. The van der Waals surface area contributed by atoms with Gasteiger partial charge < -0.3 is 9.47 Å². The van der Waals surface area contributed by atoms with Gasteiger partial charge in [-0.1, -0.05) is 0 Å². The maximum atomic E-state index is 11.7. The van der Waals surface area contributed by atoms with E-state index in [0.29, 0.717) is 17.1 Å². The van der Waals surface area contributed by atoms with Gasteiger partial charge in [-0.15, -0.1) is 0 Å². The fourth-order valence-electron chi connectivity index (χ4n) is 1.52. The van der Waals surface area contributed by atoms with Crippen LogP contribution in [0.5, 0.6) is 11.5 Å². The lowest BCUT2D eigenvalue weighted by molar-refractivity contribution is 0.174. The first-order valence-corrected chi connectivity index (χ1v) is 6.20. The molecule has 6 heteroatoms. The number of rotatable bonds is 2. The zero-order valence-corrected chi connectivity index (χ0v) is 9.37. The number of nitrogens with zero attached hydrogens (tertiary/aromatic N) is 1. The molecule has 0 radical (unpaired) electrons. The number of nitriles is 1. The number of hydrogen-bond acceptors (Lipinski definition) is 5. The molecule has 1 heterocycles. The molecule has 84 valence electrons. The summed E-state index contributed by atoms with van der Waals surface area (Å²) in [4.78, 5) is 0.123. The molecular formula is C10H9NO4S. The highest BCUT2D eigenvalue weighted by Crippen LogP contribution is 2.36. The summed E-state index contributed by atoms with van der Waals surface area (Å²) in [6.45, 7) is 1.75. The Kier molecular flexibility index (Phi) is 2.48. The molecule has 0 spiro atoms. The van der Waals surface area contributed by atoms with Crippen LogP contribution in [-0.2, 0) is 9.84 Å². The van der Waals surface area contributed by atoms with Crippen molar-refractivity contribution in [1.82, 2.24) is 0 Å². The van der Waals surface area contributed by atoms with Crippen molar-refractivity contribution in [3.05, 3.63) is 17.7 Å². The van der Waals surface area contributed by atoms with Crippen LogP contribution in [0.3, 0.4) is 0 Å². The van der Waals surface area contributed by atoms with Crippen molar-refractivity contribution in [3.63, 3.8) is 0 Å². The van der Waals surface area contributed by atoms with E-state index in [1.165, 1.54) is 6.07 Å². The molecule has 1 aromatic carbocycles. The van der Waals surface area contributed by atoms with E-state index in [0.717, 1.165) is 0 Å². The molecule has 0 saturated carbocycles. The number of aryl methyl sites for hydroxylation is 1. The molecule has 0 N–H and O–H groups in total. The molecule has 1 aliphatic heterocycles. The molecule has 0 amide bonds. The second-order valence-electron chi connectivity index (χ2n) is 3.39. The lowest BCUT2D eigenvalue weighted by atomic mass is 10.2. The average Bonchev–Trinajstić information content (AvgIpc) is 2.63. The van der Waals surface area contributed by atoms with Gasteiger partial charge in [0.05, 0.1) is 11.0 Å². The van der Waals surface area contributed by atoms with E-state index < -0.39 is 15.6 Å². The Bertz CT molecular complexity index is 571. The van der Waals surface area contributed by atoms with Gasteiger partial charge in [-0.05, 0) is 18.6 Å². The van der Waals surface area contributed by atoms with Crippen molar-refractivity contribution in [2.75, 3.05) is 12.5 Å². The lowest BCUT2D eigenvalue weighted by Crippen LogP contribution is -2.06. The summed E-state index contributed by atoms with van der Waals surface area (Å²) in [5, 5.41) is 8.46. The van der Waals surface area contributed by atoms with E-state index in [9.17, 15) is 8.42 Å². The molecule has 16 heavy (non-hydrogen) atoms. The van der Waals surface area contributed by atoms with Crippen LogP contribution in [-0.4, -0.2) is 21.0 Å². The highest BCUT2D eigenvalue weighted by Gasteiger charge is 2.22. The Morgan fingerprint density at radius 3 is 2.62 bits per heavy atom. The van der Waals surface area contributed by atoms with Crippen molar-refractivity contribution in [1.29, 1.82) is 5.26 Å². The normalized spacial score (nSPS) is 13.5. The van der Waals surface area contributed by atoms with Crippen LogP contribution in [0.1, 0.15) is 5.56 Å². The smallest absolute Gasteiger partial charge is 0.231 e. The number of sulfone groups is 1. The van der Waals surface area contributed by atoms with Gasteiger partial charge in [-0.3, -0.25) is 0 Å². The van der Waals surface area contributed by atoms with Gasteiger partial charge in [0, 0.05) is 6.07 Å². The first kappa shape index (κ1) is 10.8. The van der Waals surface area contributed by atoms with Crippen LogP contribution in [0.15, 0.2) is 17.0 Å². The third kappa shape index (κ3) is 1.70. The zero-order valence-electron chi connectivity index (χ0n) is 8.56. The van der Waals surface area contributed by atoms with E-state index in [2.05, 4.69) is 0 Å². The summed E-state index contributed by atoms with van der Waals surface area (Å²) in [6.07, 6.45) is 0. The fourth-order valence-corrected chi connectivity index (χ4v) is 2.68. The van der Waals surface area contributed by atoms with Crippen molar-refractivity contribution >= 4 is 9.84 Å². The topological polar surface area (TPSA) is 76.4 Å². The van der Waals surface area contributed by atoms with Gasteiger partial charge >= 0.3 is 0 Å². The summed E-state index contributed by atoms with van der Waals surface area (Å²) in [7, 11) is -3.56. The Labute approximate surface area is 93.1 Å². The molecule has 1 aliphatic rings. The zero-order chi connectivity index (χ0) is 11.8. The van der Waals surface area contributed by atoms with E-state index >= 15 is 0 Å². The highest BCUT2D eigenvalue weighted by atomic mass is 32.2. The predicted molar refractivity (Wildman–Crippen MR) is 55.0 cm³/mol.